The molecule has 0 fully saturated rings. The van der Waals surface area contributed by atoms with Gasteiger partial charge in [-0.15, -0.1) is 45.3 Å². The maximum Gasteiger partial charge on any atom is 0.180 e. The van der Waals surface area contributed by atoms with Crippen molar-refractivity contribution in [3.05, 3.63) is 22.1 Å². The van der Waals surface area contributed by atoms with Crippen LogP contribution in [-0.4, -0.2) is 36.4 Å². The molecule has 0 spiro atoms. The Morgan fingerprint density at radius 2 is 1.08 bits per heavy atom. The van der Waals surface area contributed by atoms with Crippen LogP contribution in [0.2, 0.25) is 0 Å². The van der Waals surface area contributed by atoms with Crippen LogP contribution in [0.25, 0.3) is 29.5 Å². The minimum absolute atomic E-state index is 0.584. The minimum Gasteiger partial charge on any atom is -0.485 e. The summed E-state index contributed by atoms with van der Waals surface area (Å²) in [5.41, 5.74) is 2.26. The number of thiophene rings is 2. The fourth-order valence-corrected chi connectivity index (χ4v) is 8.75. The summed E-state index contributed by atoms with van der Waals surface area (Å²) >= 11 is 6.81. The number of fused-ring (bicyclic) bond motifs is 2. The van der Waals surface area contributed by atoms with Gasteiger partial charge >= 0.3 is 0 Å². The van der Waals surface area contributed by atoms with Crippen LogP contribution in [0.5, 0.6) is 23.0 Å². The maximum absolute atomic E-state index is 6.02. The molecule has 0 atom stereocenters. The first-order chi connectivity index (χ1) is 17.8. The first-order valence-corrected chi connectivity index (χ1v) is 15.9. The van der Waals surface area contributed by atoms with Crippen LogP contribution >= 0.6 is 45.3 Å². The maximum atomic E-state index is 6.02. The van der Waals surface area contributed by atoms with Crippen LogP contribution in [0.15, 0.2) is 10.8 Å². The Morgan fingerprint density at radius 1 is 0.639 bits per heavy atom. The highest BCUT2D eigenvalue weighted by molar-refractivity contribution is 7.28. The van der Waals surface area contributed by atoms with Gasteiger partial charge in [0.2, 0.25) is 0 Å². The van der Waals surface area contributed by atoms with Crippen molar-refractivity contribution >= 4 is 45.3 Å². The Morgan fingerprint density at radius 3 is 1.53 bits per heavy atom. The lowest BCUT2D eigenvalue weighted by molar-refractivity contribution is 0.174. The van der Waals surface area contributed by atoms with E-state index in [1.54, 1.807) is 45.3 Å². The molecule has 0 aromatic carbocycles. The number of aryl methyl sites for hydroxylation is 2. The quantitative estimate of drug-likeness (QED) is 0.207. The fourth-order valence-electron chi connectivity index (χ4n) is 4.31. The molecular formula is C26H28N2O4S4. The molecule has 4 aromatic rings. The first kappa shape index (κ1) is 24.2. The normalized spacial score (nSPS) is 14.4. The lowest BCUT2D eigenvalue weighted by atomic mass is 10.1. The molecule has 10 heteroatoms. The molecule has 0 bridgehead atoms. The molecule has 4 aromatic heterocycles. The van der Waals surface area contributed by atoms with Crippen molar-refractivity contribution in [1.29, 1.82) is 0 Å². The molecule has 0 radical (unpaired) electrons. The molecule has 2 aliphatic heterocycles. The average Bonchev–Trinajstić information content (AvgIpc) is 3.69. The third kappa shape index (κ3) is 4.53. The number of rotatable bonds is 9. The molecule has 36 heavy (non-hydrogen) atoms. The largest absolute Gasteiger partial charge is 0.485 e. The zero-order chi connectivity index (χ0) is 24.5. The first-order valence-electron chi connectivity index (χ1n) is 12.5. The Kier molecular flexibility index (Phi) is 7.19. The third-order valence-corrected chi connectivity index (χ3v) is 10.7. The number of hydrogen-bond acceptors (Lipinski definition) is 10. The molecular weight excluding hydrogens is 533 g/mol. The summed E-state index contributed by atoms with van der Waals surface area (Å²) < 4.78 is 23.7. The van der Waals surface area contributed by atoms with Gasteiger partial charge in [0.15, 0.2) is 33.0 Å². The molecule has 0 aliphatic carbocycles. The van der Waals surface area contributed by atoms with Crippen LogP contribution in [0, 0.1) is 0 Å². The topological polar surface area (TPSA) is 62.7 Å². The number of hydrogen-bond donors (Lipinski definition) is 0. The van der Waals surface area contributed by atoms with Gasteiger partial charge in [0.05, 0.1) is 30.9 Å². The number of thiazole rings is 2. The molecule has 6 nitrogen and oxygen atoms in total. The van der Waals surface area contributed by atoms with Gasteiger partial charge in [-0.1, -0.05) is 26.7 Å². The number of nitrogens with zero attached hydrogens (tertiary/aromatic N) is 2. The molecule has 190 valence electrons. The van der Waals surface area contributed by atoms with Crippen molar-refractivity contribution in [2.45, 2.75) is 52.4 Å². The van der Waals surface area contributed by atoms with Gasteiger partial charge < -0.3 is 18.9 Å². The number of ether oxygens (including phenoxy) is 4. The summed E-state index contributed by atoms with van der Waals surface area (Å²) in [5, 5.41) is 6.07. The lowest BCUT2D eigenvalue weighted by Crippen LogP contribution is -2.14. The molecule has 6 rings (SSSR count). The van der Waals surface area contributed by atoms with E-state index in [1.165, 1.54) is 9.75 Å². The van der Waals surface area contributed by atoms with Gasteiger partial charge in [-0.2, -0.15) is 0 Å². The van der Waals surface area contributed by atoms with E-state index in [-0.39, 0.29) is 0 Å². The molecule has 0 saturated heterocycles. The van der Waals surface area contributed by atoms with Gasteiger partial charge in [-0.05, 0) is 25.7 Å². The van der Waals surface area contributed by atoms with E-state index in [0.717, 1.165) is 92.7 Å². The van der Waals surface area contributed by atoms with Gasteiger partial charge in [0, 0.05) is 10.8 Å². The van der Waals surface area contributed by atoms with Gasteiger partial charge in [0.1, 0.15) is 26.4 Å². The highest BCUT2D eigenvalue weighted by Crippen LogP contribution is 2.52. The highest BCUT2D eigenvalue weighted by Gasteiger charge is 2.28. The van der Waals surface area contributed by atoms with Crippen molar-refractivity contribution in [2.24, 2.45) is 0 Å². The summed E-state index contributed by atoms with van der Waals surface area (Å²) in [7, 11) is 0. The SMILES string of the molecule is CCCCc1nc(-c2nc(CCCC)c(-c3scc4c3OCCO4)s2)sc1-c1scc2c1OCCO2. The second-order valence-corrected chi connectivity index (χ2v) is 12.5. The minimum atomic E-state index is 0.584. The van der Waals surface area contributed by atoms with Crippen molar-refractivity contribution in [2.75, 3.05) is 26.4 Å². The average molecular weight is 561 g/mol. The Balaban J connectivity index is 1.42. The molecule has 0 N–H and O–H groups in total. The molecule has 6 heterocycles. The molecule has 2 aliphatic rings. The van der Waals surface area contributed by atoms with E-state index in [9.17, 15) is 0 Å². The second-order valence-electron chi connectivity index (χ2n) is 8.71. The van der Waals surface area contributed by atoms with Gasteiger partial charge in [0.25, 0.3) is 0 Å². The predicted molar refractivity (Wildman–Crippen MR) is 149 cm³/mol. The zero-order valence-corrected chi connectivity index (χ0v) is 23.7. The van der Waals surface area contributed by atoms with E-state index in [1.807, 2.05) is 0 Å². The standard InChI is InChI=1S/C26H28N2O4S4/c1-3-5-7-15-21(23-19-17(13-33-23)29-9-11-31-19)35-25(27-15)26-28-16(8-6-4-2)22(36-26)24-20-18(14-34-24)30-10-12-32-20/h13-14H,3-12H2,1-2H3. The van der Waals surface area contributed by atoms with E-state index >= 15 is 0 Å². The Bertz CT molecular complexity index is 1250. The molecule has 0 unspecified atom stereocenters. The van der Waals surface area contributed by atoms with Crippen molar-refractivity contribution in [3.63, 3.8) is 0 Å². The lowest BCUT2D eigenvalue weighted by Gasteiger charge is -2.15. The van der Waals surface area contributed by atoms with Crippen molar-refractivity contribution in [3.8, 4) is 52.5 Å². The molecule has 0 saturated carbocycles. The van der Waals surface area contributed by atoms with E-state index in [0.29, 0.717) is 26.4 Å². The van der Waals surface area contributed by atoms with Crippen LogP contribution in [0.4, 0.5) is 0 Å². The summed E-state index contributed by atoms with van der Waals surface area (Å²) in [4.78, 5) is 14.9. The van der Waals surface area contributed by atoms with Crippen molar-refractivity contribution in [1.82, 2.24) is 9.97 Å². The Labute approximate surface area is 226 Å². The van der Waals surface area contributed by atoms with E-state index in [2.05, 4.69) is 24.6 Å². The van der Waals surface area contributed by atoms with E-state index < -0.39 is 0 Å². The third-order valence-electron chi connectivity index (χ3n) is 6.13. The summed E-state index contributed by atoms with van der Waals surface area (Å²) in [6, 6.07) is 0. The molecule has 0 amide bonds. The van der Waals surface area contributed by atoms with Gasteiger partial charge in [-0.3, -0.25) is 0 Å². The van der Waals surface area contributed by atoms with Crippen LogP contribution in [0.3, 0.4) is 0 Å². The summed E-state index contributed by atoms with van der Waals surface area (Å²) in [6.07, 6.45) is 6.35. The summed E-state index contributed by atoms with van der Waals surface area (Å²) in [5.74, 6) is 3.43. The predicted octanol–water partition coefficient (Wildman–Crippen LogP) is 7.95. The second kappa shape index (κ2) is 10.7. The number of aromatic nitrogens is 2. The highest BCUT2D eigenvalue weighted by atomic mass is 32.1. The summed E-state index contributed by atoms with van der Waals surface area (Å²) in [6.45, 7) is 6.81. The van der Waals surface area contributed by atoms with Crippen LogP contribution < -0.4 is 18.9 Å². The van der Waals surface area contributed by atoms with Crippen LogP contribution in [-0.2, 0) is 12.8 Å². The fraction of sp³-hybridized carbons (Fsp3) is 0.462. The monoisotopic (exact) mass is 560 g/mol. The Hall–Kier alpha value is -2.14. The smallest absolute Gasteiger partial charge is 0.180 e. The van der Waals surface area contributed by atoms with Crippen LogP contribution in [0.1, 0.15) is 50.9 Å². The van der Waals surface area contributed by atoms with Gasteiger partial charge in [-0.25, -0.2) is 9.97 Å². The number of unbranched alkanes of at least 4 members (excludes halogenated alkanes) is 2. The van der Waals surface area contributed by atoms with E-state index in [4.69, 9.17) is 28.9 Å². The zero-order valence-electron chi connectivity index (χ0n) is 20.4. The van der Waals surface area contributed by atoms with Crippen molar-refractivity contribution < 1.29 is 18.9 Å².